The van der Waals surface area contributed by atoms with Crippen LogP contribution in [-0.4, -0.2) is 71.9 Å². The van der Waals surface area contributed by atoms with Crippen molar-refractivity contribution in [1.82, 2.24) is 10.2 Å². The van der Waals surface area contributed by atoms with E-state index >= 15 is 0 Å². The van der Waals surface area contributed by atoms with Gasteiger partial charge in [-0.2, -0.15) is 0 Å². The minimum absolute atomic E-state index is 0.224. The van der Waals surface area contributed by atoms with E-state index in [0.717, 1.165) is 12.8 Å². The van der Waals surface area contributed by atoms with Crippen LogP contribution >= 0.6 is 7.60 Å². The average molecular weight is 551 g/mol. The van der Waals surface area contributed by atoms with E-state index in [9.17, 15) is 19.3 Å². The lowest BCUT2D eigenvalue weighted by atomic mass is 9.86. The van der Waals surface area contributed by atoms with Gasteiger partial charge < -0.3 is 34.1 Å². The molecule has 0 radical (unpaired) electrons. The highest BCUT2D eigenvalue weighted by Gasteiger charge is 2.63. The Balaban J connectivity index is 1.48. The zero-order valence-corrected chi connectivity index (χ0v) is 22.5. The van der Waals surface area contributed by atoms with Gasteiger partial charge in [0.2, 0.25) is 0 Å². The van der Waals surface area contributed by atoms with E-state index in [1.54, 1.807) is 42.2 Å². The predicted octanol–water partition coefficient (Wildman–Crippen LogP) is 2.92. The van der Waals surface area contributed by atoms with Gasteiger partial charge in [-0.1, -0.05) is 45.0 Å². The number of aliphatic hydroxyl groups is 1. The van der Waals surface area contributed by atoms with Crippen molar-refractivity contribution < 1.29 is 42.5 Å². The lowest BCUT2D eigenvalue weighted by Crippen LogP contribution is -2.62. The molecule has 38 heavy (non-hydrogen) atoms. The molecule has 3 heterocycles. The van der Waals surface area contributed by atoms with E-state index in [-0.39, 0.29) is 31.1 Å². The first-order chi connectivity index (χ1) is 18.2. The fourth-order valence-electron chi connectivity index (χ4n) is 4.53. The maximum absolute atomic E-state index is 13.9. The summed E-state index contributed by atoms with van der Waals surface area (Å²) in [5, 5.41) is 13.8. The van der Waals surface area contributed by atoms with E-state index in [1.807, 2.05) is 6.92 Å². The van der Waals surface area contributed by atoms with Gasteiger partial charge in [-0.3, -0.25) is 14.1 Å². The molecule has 2 fully saturated rings. The first kappa shape index (κ1) is 28.3. The number of carbonyl (C=O) groups is 2. The summed E-state index contributed by atoms with van der Waals surface area (Å²) in [6.45, 7) is 7.87. The third-order valence-corrected chi connectivity index (χ3v) is 8.75. The molecular weight excluding hydrogens is 515 g/mol. The molecule has 11 nitrogen and oxygen atoms in total. The fourth-order valence-corrected chi connectivity index (χ4v) is 6.40. The van der Waals surface area contributed by atoms with Crippen molar-refractivity contribution in [3.05, 3.63) is 55.0 Å². The van der Waals surface area contributed by atoms with Crippen LogP contribution in [0.1, 0.15) is 33.1 Å². The van der Waals surface area contributed by atoms with Crippen molar-refractivity contribution in [2.75, 3.05) is 26.0 Å². The Kier molecular flexibility index (Phi) is 8.95. The number of nitrogens with one attached hydrogen (secondary N) is 1. The number of benzene rings is 1. The number of unbranched alkanes of at least 4 members (excludes halogenated alkanes) is 1. The van der Waals surface area contributed by atoms with Crippen molar-refractivity contribution in [2.24, 2.45) is 5.92 Å². The molecule has 0 aromatic heterocycles. The molecule has 1 unspecified atom stereocenters. The molecule has 2 N–H and O–H groups in total. The summed E-state index contributed by atoms with van der Waals surface area (Å²) >= 11 is 0. The number of aliphatic hydroxyl groups excluding tert-OH is 1. The minimum atomic E-state index is -3.91. The monoisotopic (exact) mass is 550 g/mol. The smallest absolute Gasteiger partial charge is 0.380 e. The molecule has 0 aliphatic carbocycles. The van der Waals surface area contributed by atoms with Gasteiger partial charge in [0.05, 0.1) is 31.9 Å². The molecule has 3 aliphatic rings. The summed E-state index contributed by atoms with van der Waals surface area (Å²) < 4.78 is 42.7. The third kappa shape index (κ3) is 6.13. The van der Waals surface area contributed by atoms with Crippen molar-refractivity contribution in [3.8, 4) is 5.75 Å². The zero-order chi connectivity index (χ0) is 27.3. The third-order valence-electron chi connectivity index (χ3n) is 6.72. The highest BCUT2D eigenvalue weighted by atomic mass is 31.2. The van der Waals surface area contributed by atoms with E-state index in [0.29, 0.717) is 18.8 Å². The van der Waals surface area contributed by atoms with E-state index in [1.165, 1.54) is 12.3 Å². The molecule has 0 saturated carbocycles. The van der Waals surface area contributed by atoms with Gasteiger partial charge in [-0.05, 0) is 18.6 Å². The van der Waals surface area contributed by atoms with Gasteiger partial charge in [0.1, 0.15) is 29.4 Å². The van der Waals surface area contributed by atoms with Crippen molar-refractivity contribution in [3.63, 3.8) is 0 Å². The van der Waals surface area contributed by atoms with Crippen LogP contribution in [0.4, 0.5) is 0 Å². The molecule has 0 bridgehead atoms. The average Bonchev–Trinajstić information content (AvgIpc) is 3.15. The number of esters is 1. The standard InChI is InChI=1S/C26H35N2O9P/c1-4-5-14-33-24(31)18(2)17-38(32,37-20-9-7-6-8-10-20)35-16-21-23(30)26(12-15-34-26)25(36-21)28-13-11-22(29)27-19(28)3/h6-11,13,18,21,23,25,30H,3-5,12,14-17H2,1-2H3,(H,27,29)/t18-,21-,23-,25-,26-,38?/m1/s1. The number of amides is 1. The van der Waals surface area contributed by atoms with Gasteiger partial charge in [-0.25, -0.2) is 4.57 Å². The van der Waals surface area contributed by atoms with Crippen LogP contribution in [0.5, 0.6) is 5.75 Å². The van der Waals surface area contributed by atoms with Crippen LogP contribution in [0.3, 0.4) is 0 Å². The Morgan fingerprint density at radius 3 is 2.74 bits per heavy atom. The predicted molar refractivity (Wildman–Crippen MR) is 137 cm³/mol. The fraction of sp³-hybridized carbons (Fsp3) is 0.538. The van der Waals surface area contributed by atoms with E-state index in [2.05, 4.69) is 11.9 Å². The molecule has 208 valence electrons. The quantitative estimate of drug-likeness (QED) is 0.227. The van der Waals surface area contributed by atoms with Crippen LogP contribution < -0.4 is 9.84 Å². The molecule has 12 heteroatoms. The molecule has 1 amide bonds. The molecule has 3 aliphatic heterocycles. The number of ether oxygens (including phenoxy) is 3. The second-order valence-corrected chi connectivity index (χ2v) is 11.6. The van der Waals surface area contributed by atoms with Crippen molar-refractivity contribution in [2.45, 2.75) is 57.1 Å². The number of para-hydroxylation sites is 1. The highest BCUT2D eigenvalue weighted by Crippen LogP contribution is 2.52. The second kappa shape index (κ2) is 12.0. The maximum Gasteiger partial charge on any atom is 0.380 e. The summed E-state index contributed by atoms with van der Waals surface area (Å²) in [4.78, 5) is 25.7. The first-order valence-corrected chi connectivity index (χ1v) is 14.5. The van der Waals surface area contributed by atoms with Crippen LogP contribution in [-0.2, 0) is 32.9 Å². The van der Waals surface area contributed by atoms with Gasteiger partial charge in [0.25, 0.3) is 5.91 Å². The van der Waals surface area contributed by atoms with Crippen molar-refractivity contribution >= 4 is 19.5 Å². The minimum Gasteiger partial charge on any atom is -0.465 e. The number of hydrogen-bond acceptors (Lipinski definition) is 10. The van der Waals surface area contributed by atoms with Crippen LogP contribution in [0.2, 0.25) is 0 Å². The highest BCUT2D eigenvalue weighted by molar-refractivity contribution is 7.54. The normalized spacial score (nSPS) is 28.9. The topological polar surface area (TPSA) is 133 Å². The summed E-state index contributed by atoms with van der Waals surface area (Å²) in [6.07, 6.45) is 1.87. The molecule has 1 aromatic rings. The first-order valence-electron chi connectivity index (χ1n) is 12.8. The SMILES string of the molecule is C=C1NC(=O)C=CN1[C@@H]1O[C@H](COP(=O)(C[C@@H](C)C(=O)OCCCC)Oc2ccccc2)[C@@H](O)[C@]12CCO2. The van der Waals surface area contributed by atoms with Crippen LogP contribution in [0, 0.1) is 5.92 Å². The Morgan fingerprint density at radius 2 is 2.11 bits per heavy atom. The molecule has 6 atom stereocenters. The maximum atomic E-state index is 13.9. The zero-order valence-electron chi connectivity index (χ0n) is 21.6. The lowest BCUT2D eigenvalue weighted by Gasteiger charge is -2.47. The largest absolute Gasteiger partial charge is 0.465 e. The summed E-state index contributed by atoms with van der Waals surface area (Å²) in [6, 6.07) is 8.52. The molecule has 2 saturated heterocycles. The summed E-state index contributed by atoms with van der Waals surface area (Å²) in [7, 11) is -3.91. The Labute approximate surface area is 222 Å². The summed E-state index contributed by atoms with van der Waals surface area (Å²) in [5.74, 6) is -0.975. The number of nitrogens with zero attached hydrogens (tertiary/aromatic N) is 1. The number of carbonyl (C=O) groups excluding carboxylic acids is 2. The van der Waals surface area contributed by atoms with Gasteiger partial charge in [-0.15, -0.1) is 0 Å². The molecule has 4 rings (SSSR count). The van der Waals surface area contributed by atoms with Gasteiger partial charge >= 0.3 is 13.6 Å². The Bertz CT molecular complexity index is 1090. The lowest BCUT2D eigenvalue weighted by molar-refractivity contribution is -0.230. The number of rotatable bonds is 12. The second-order valence-electron chi connectivity index (χ2n) is 9.60. The summed E-state index contributed by atoms with van der Waals surface area (Å²) in [5.41, 5.74) is -1.08. The molecular formula is C26H35N2O9P. The van der Waals surface area contributed by atoms with Crippen LogP contribution in [0.25, 0.3) is 0 Å². The Morgan fingerprint density at radius 1 is 1.37 bits per heavy atom. The molecule has 1 spiro atoms. The Hall–Kier alpha value is -2.69. The van der Waals surface area contributed by atoms with Gasteiger partial charge in [0, 0.05) is 18.7 Å². The van der Waals surface area contributed by atoms with Gasteiger partial charge in [0.15, 0.2) is 6.23 Å². The van der Waals surface area contributed by atoms with Crippen LogP contribution in [0.15, 0.2) is 55.0 Å². The van der Waals surface area contributed by atoms with Crippen molar-refractivity contribution in [1.29, 1.82) is 0 Å². The van der Waals surface area contributed by atoms with E-state index in [4.69, 9.17) is 23.3 Å². The number of hydrogen-bond donors (Lipinski definition) is 2. The van der Waals surface area contributed by atoms with E-state index < -0.39 is 43.5 Å². The molecule has 1 aromatic carbocycles.